The maximum absolute atomic E-state index is 11.9. The van der Waals surface area contributed by atoms with Crippen molar-refractivity contribution in [3.63, 3.8) is 0 Å². The SMILES string of the molecule is COc1ccc(CCC(=O)NCC(C)(O)Cc2ccco2)cc1. The topological polar surface area (TPSA) is 71.7 Å². The Morgan fingerprint density at radius 2 is 2.04 bits per heavy atom. The fourth-order valence-electron chi connectivity index (χ4n) is 2.28. The minimum atomic E-state index is -1.03. The molecule has 2 aromatic rings. The highest BCUT2D eigenvalue weighted by molar-refractivity contribution is 5.76. The average molecular weight is 317 g/mol. The molecule has 0 aliphatic carbocycles. The maximum atomic E-state index is 11.9. The molecule has 1 atom stereocenters. The van der Waals surface area contributed by atoms with Crippen LogP contribution in [0.4, 0.5) is 0 Å². The molecule has 5 heteroatoms. The lowest BCUT2D eigenvalue weighted by molar-refractivity contribution is -0.122. The van der Waals surface area contributed by atoms with Crippen LogP contribution in [0.15, 0.2) is 47.1 Å². The van der Waals surface area contributed by atoms with Crippen LogP contribution in [-0.4, -0.2) is 30.3 Å². The Bertz CT molecular complexity index is 602. The summed E-state index contributed by atoms with van der Waals surface area (Å²) in [4.78, 5) is 11.9. The van der Waals surface area contributed by atoms with Crippen molar-refractivity contribution in [3.05, 3.63) is 54.0 Å². The van der Waals surface area contributed by atoms with Gasteiger partial charge in [0.1, 0.15) is 11.5 Å². The number of aliphatic hydroxyl groups is 1. The number of carbonyl (C=O) groups is 1. The van der Waals surface area contributed by atoms with E-state index in [0.29, 0.717) is 25.0 Å². The second-order valence-corrected chi connectivity index (χ2v) is 5.88. The van der Waals surface area contributed by atoms with Crippen LogP contribution in [0.3, 0.4) is 0 Å². The van der Waals surface area contributed by atoms with Gasteiger partial charge in [0.25, 0.3) is 0 Å². The van der Waals surface area contributed by atoms with Crippen molar-refractivity contribution in [2.24, 2.45) is 0 Å². The normalized spacial score (nSPS) is 13.3. The molecule has 0 aliphatic heterocycles. The zero-order valence-electron chi connectivity index (χ0n) is 13.5. The Morgan fingerprint density at radius 1 is 1.30 bits per heavy atom. The van der Waals surface area contributed by atoms with Crippen LogP contribution in [0.5, 0.6) is 5.75 Å². The minimum Gasteiger partial charge on any atom is -0.497 e. The summed E-state index contributed by atoms with van der Waals surface area (Å²) in [6.45, 7) is 1.87. The molecule has 2 rings (SSSR count). The van der Waals surface area contributed by atoms with Crippen LogP contribution in [0, 0.1) is 0 Å². The van der Waals surface area contributed by atoms with Gasteiger partial charge in [-0.3, -0.25) is 4.79 Å². The number of ether oxygens (including phenoxy) is 1. The maximum Gasteiger partial charge on any atom is 0.220 e. The zero-order valence-corrected chi connectivity index (χ0v) is 13.5. The van der Waals surface area contributed by atoms with Gasteiger partial charge in [-0.1, -0.05) is 12.1 Å². The van der Waals surface area contributed by atoms with E-state index in [2.05, 4.69) is 5.32 Å². The molecule has 23 heavy (non-hydrogen) atoms. The zero-order chi connectivity index (χ0) is 16.7. The molecule has 1 aromatic heterocycles. The molecule has 1 amide bonds. The fourth-order valence-corrected chi connectivity index (χ4v) is 2.28. The van der Waals surface area contributed by atoms with E-state index >= 15 is 0 Å². The lowest BCUT2D eigenvalue weighted by atomic mass is 10.0. The first-order chi connectivity index (χ1) is 11.0. The number of carbonyl (C=O) groups excluding carboxylic acids is 1. The van der Waals surface area contributed by atoms with Crippen molar-refractivity contribution >= 4 is 5.91 Å². The summed E-state index contributed by atoms with van der Waals surface area (Å²) in [7, 11) is 1.62. The third-order valence-corrected chi connectivity index (χ3v) is 3.60. The number of methoxy groups -OCH3 is 1. The summed E-state index contributed by atoms with van der Waals surface area (Å²) in [5, 5.41) is 13.1. The van der Waals surface area contributed by atoms with Gasteiger partial charge in [0.2, 0.25) is 5.91 Å². The Labute approximate surface area is 136 Å². The summed E-state index contributed by atoms with van der Waals surface area (Å²) in [5.41, 5.74) is 0.0384. The largest absolute Gasteiger partial charge is 0.497 e. The second-order valence-electron chi connectivity index (χ2n) is 5.88. The number of rotatable bonds is 8. The highest BCUT2D eigenvalue weighted by Gasteiger charge is 2.23. The molecule has 1 heterocycles. The van der Waals surface area contributed by atoms with Gasteiger partial charge in [-0.25, -0.2) is 0 Å². The van der Waals surface area contributed by atoms with Gasteiger partial charge in [0, 0.05) is 19.4 Å². The summed E-state index contributed by atoms with van der Waals surface area (Å²) in [5.74, 6) is 1.41. The smallest absolute Gasteiger partial charge is 0.220 e. The summed E-state index contributed by atoms with van der Waals surface area (Å²) in [6.07, 6.45) is 2.96. The molecule has 0 radical (unpaired) electrons. The van der Waals surface area contributed by atoms with E-state index < -0.39 is 5.60 Å². The molecule has 5 nitrogen and oxygen atoms in total. The third-order valence-electron chi connectivity index (χ3n) is 3.60. The van der Waals surface area contributed by atoms with E-state index in [-0.39, 0.29) is 12.5 Å². The number of hydrogen-bond donors (Lipinski definition) is 2. The fraction of sp³-hybridized carbons (Fsp3) is 0.389. The van der Waals surface area contributed by atoms with Crippen molar-refractivity contribution in [1.29, 1.82) is 0 Å². The van der Waals surface area contributed by atoms with E-state index in [1.165, 1.54) is 0 Å². The van der Waals surface area contributed by atoms with Gasteiger partial charge in [0.05, 0.1) is 19.0 Å². The average Bonchev–Trinajstić information content (AvgIpc) is 3.03. The first-order valence-electron chi connectivity index (χ1n) is 7.63. The van der Waals surface area contributed by atoms with E-state index in [0.717, 1.165) is 11.3 Å². The van der Waals surface area contributed by atoms with Gasteiger partial charge < -0.3 is 19.6 Å². The molecule has 0 spiro atoms. The van der Waals surface area contributed by atoms with Crippen LogP contribution in [0.2, 0.25) is 0 Å². The van der Waals surface area contributed by atoms with E-state index in [1.807, 2.05) is 24.3 Å². The number of hydrogen-bond acceptors (Lipinski definition) is 4. The van der Waals surface area contributed by atoms with Crippen molar-refractivity contribution in [1.82, 2.24) is 5.32 Å². The Kier molecular flexibility index (Phi) is 5.82. The first kappa shape index (κ1) is 17.1. The summed E-state index contributed by atoms with van der Waals surface area (Å²) < 4.78 is 10.3. The van der Waals surface area contributed by atoms with Crippen LogP contribution in [0.25, 0.3) is 0 Å². The van der Waals surface area contributed by atoms with Crippen LogP contribution in [-0.2, 0) is 17.6 Å². The number of benzene rings is 1. The van der Waals surface area contributed by atoms with Crippen LogP contribution >= 0.6 is 0 Å². The Balaban J connectivity index is 1.73. The monoisotopic (exact) mass is 317 g/mol. The molecule has 2 N–H and O–H groups in total. The van der Waals surface area contributed by atoms with Crippen LogP contribution < -0.4 is 10.1 Å². The number of aryl methyl sites for hydroxylation is 1. The van der Waals surface area contributed by atoms with Gasteiger partial charge >= 0.3 is 0 Å². The van der Waals surface area contributed by atoms with Gasteiger partial charge in [-0.05, 0) is 43.2 Å². The number of amides is 1. The molecule has 1 unspecified atom stereocenters. The van der Waals surface area contributed by atoms with E-state index in [9.17, 15) is 9.90 Å². The summed E-state index contributed by atoms with van der Waals surface area (Å²) >= 11 is 0. The Morgan fingerprint density at radius 3 is 2.65 bits per heavy atom. The lowest BCUT2D eigenvalue weighted by Gasteiger charge is -2.22. The van der Waals surface area contributed by atoms with Gasteiger partial charge in [-0.2, -0.15) is 0 Å². The van der Waals surface area contributed by atoms with Crippen molar-refractivity contribution in [3.8, 4) is 5.75 Å². The number of furan rings is 1. The standard InChI is InChI=1S/C18H23NO4/c1-18(21,12-16-4-3-11-23-16)13-19-17(20)10-7-14-5-8-15(22-2)9-6-14/h3-6,8-9,11,21H,7,10,12-13H2,1-2H3,(H,19,20). The molecular formula is C18H23NO4. The third kappa shape index (κ3) is 5.79. The van der Waals surface area contributed by atoms with Crippen molar-refractivity contribution < 1.29 is 19.1 Å². The molecule has 0 bridgehead atoms. The predicted molar refractivity (Wildman–Crippen MR) is 87.4 cm³/mol. The van der Waals surface area contributed by atoms with Crippen LogP contribution in [0.1, 0.15) is 24.7 Å². The molecule has 0 aliphatic rings. The molecule has 0 saturated carbocycles. The Hall–Kier alpha value is -2.27. The van der Waals surface area contributed by atoms with E-state index in [1.54, 1.807) is 32.4 Å². The van der Waals surface area contributed by atoms with Gasteiger partial charge in [-0.15, -0.1) is 0 Å². The minimum absolute atomic E-state index is 0.0828. The second kappa shape index (κ2) is 7.83. The highest BCUT2D eigenvalue weighted by Crippen LogP contribution is 2.14. The lowest BCUT2D eigenvalue weighted by Crippen LogP contribution is -2.42. The quantitative estimate of drug-likeness (QED) is 0.784. The molecular weight excluding hydrogens is 294 g/mol. The highest BCUT2D eigenvalue weighted by atomic mass is 16.5. The molecule has 0 fully saturated rings. The molecule has 124 valence electrons. The van der Waals surface area contributed by atoms with Gasteiger partial charge in [0.15, 0.2) is 0 Å². The van der Waals surface area contributed by atoms with Crippen molar-refractivity contribution in [2.75, 3.05) is 13.7 Å². The first-order valence-corrected chi connectivity index (χ1v) is 7.63. The summed E-state index contributed by atoms with van der Waals surface area (Å²) in [6, 6.07) is 11.2. The van der Waals surface area contributed by atoms with E-state index in [4.69, 9.17) is 9.15 Å². The molecule has 0 saturated heterocycles. The number of nitrogens with one attached hydrogen (secondary N) is 1. The van der Waals surface area contributed by atoms with Crippen molar-refractivity contribution in [2.45, 2.75) is 31.8 Å². The predicted octanol–water partition coefficient (Wildman–Crippen LogP) is 2.33. The molecule has 1 aromatic carbocycles.